The Morgan fingerprint density at radius 2 is 2.08 bits per heavy atom. The molecule has 1 unspecified atom stereocenters. The minimum Gasteiger partial charge on any atom is -0.388 e. The number of amides is 2. The van der Waals surface area contributed by atoms with Crippen LogP contribution in [0.25, 0.3) is 0 Å². The third-order valence-electron chi connectivity index (χ3n) is 5.06. The van der Waals surface area contributed by atoms with Crippen LogP contribution in [0.15, 0.2) is 18.3 Å². The number of carbonyl (C=O) groups excluding carboxylic acids is 1. The molecule has 2 aromatic heterocycles. The first-order valence-electron chi connectivity index (χ1n) is 8.96. The van der Waals surface area contributed by atoms with Crippen molar-refractivity contribution in [2.45, 2.75) is 45.3 Å². The highest BCUT2D eigenvalue weighted by Gasteiger charge is 2.27. The van der Waals surface area contributed by atoms with Crippen molar-refractivity contribution in [3.05, 3.63) is 41.2 Å². The summed E-state index contributed by atoms with van der Waals surface area (Å²) in [6.45, 7) is 5.15. The molecule has 1 saturated heterocycles. The maximum atomic E-state index is 12.5. The highest BCUT2D eigenvalue weighted by atomic mass is 16.3. The Kier molecular flexibility index (Phi) is 5.51. The van der Waals surface area contributed by atoms with Crippen LogP contribution in [0.5, 0.6) is 0 Å². The van der Waals surface area contributed by atoms with E-state index in [1.165, 1.54) is 0 Å². The number of likely N-dealkylation sites (tertiary alicyclic amines) is 1. The van der Waals surface area contributed by atoms with Gasteiger partial charge in [0, 0.05) is 37.9 Å². The highest BCUT2D eigenvalue weighted by molar-refractivity contribution is 5.74. The summed E-state index contributed by atoms with van der Waals surface area (Å²) in [6, 6.07) is 3.81. The number of pyridine rings is 1. The van der Waals surface area contributed by atoms with E-state index in [0.29, 0.717) is 18.9 Å². The molecule has 26 heavy (non-hydrogen) atoms. The number of nitrogens with zero attached hydrogens (tertiary/aromatic N) is 5. The third kappa shape index (κ3) is 3.85. The van der Waals surface area contributed by atoms with Gasteiger partial charge in [-0.25, -0.2) is 4.79 Å². The fourth-order valence-electron chi connectivity index (χ4n) is 3.30. The van der Waals surface area contributed by atoms with E-state index in [4.69, 9.17) is 0 Å². The van der Waals surface area contributed by atoms with Gasteiger partial charge in [0.2, 0.25) is 0 Å². The summed E-state index contributed by atoms with van der Waals surface area (Å²) in [4.78, 5) is 18.7. The van der Waals surface area contributed by atoms with E-state index in [0.717, 1.165) is 29.9 Å². The van der Waals surface area contributed by atoms with Crippen molar-refractivity contribution in [3.8, 4) is 0 Å². The van der Waals surface area contributed by atoms with E-state index >= 15 is 0 Å². The number of rotatable bonds is 4. The lowest BCUT2D eigenvalue weighted by Crippen LogP contribution is -2.45. The Labute approximate surface area is 153 Å². The van der Waals surface area contributed by atoms with Gasteiger partial charge >= 0.3 is 6.03 Å². The first-order chi connectivity index (χ1) is 12.5. The van der Waals surface area contributed by atoms with Crippen molar-refractivity contribution in [1.29, 1.82) is 0 Å². The highest BCUT2D eigenvalue weighted by Crippen LogP contribution is 2.27. The predicted molar refractivity (Wildman–Crippen MR) is 96.4 cm³/mol. The molecule has 8 nitrogen and oxygen atoms in total. The quantitative estimate of drug-likeness (QED) is 0.866. The zero-order valence-corrected chi connectivity index (χ0v) is 15.5. The van der Waals surface area contributed by atoms with Crippen LogP contribution in [0.3, 0.4) is 0 Å². The van der Waals surface area contributed by atoms with E-state index in [-0.39, 0.29) is 24.6 Å². The molecular formula is C18H26N6O2. The molecule has 0 bridgehead atoms. The number of aryl methyl sites for hydroxylation is 1. The molecule has 1 atom stereocenters. The largest absolute Gasteiger partial charge is 0.388 e. The van der Waals surface area contributed by atoms with Gasteiger partial charge in [-0.15, -0.1) is 10.2 Å². The van der Waals surface area contributed by atoms with Crippen LogP contribution in [0.1, 0.15) is 54.6 Å². The molecule has 3 rings (SSSR count). The van der Waals surface area contributed by atoms with E-state index in [9.17, 15) is 9.90 Å². The minimum atomic E-state index is -0.115. The number of nitrogens with one attached hydrogen (secondary N) is 1. The number of hydrogen-bond acceptors (Lipinski definition) is 5. The smallest absolute Gasteiger partial charge is 0.317 e. The van der Waals surface area contributed by atoms with Gasteiger partial charge in [0.25, 0.3) is 0 Å². The zero-order valence-electron chi connectivity index (χ0n) is 15.5. The van der Waals surface area contributed by atoms with Crippen LogP contribution in [0, 0.1) is 6.92 Å². The molecule has 1 aliphatic rings. The molecule has 2 aromatic rings. The minimum absolute atomic E-state index is 0.0504. The summed E-state index contributed by atoms with van der Waals surface area (Å²) in [6.07, 6.45) is 3.48. The summed E-state index contributed by atoms with van der Waals surface area (Å²) in [5.41, 5.74) is 1.96. The molecule has 0 spiro atoms. The molecule has 0 saturated carbocycles. The second-order valence-electron chi connectivity index (χ2n) is 6.86. The van der Waals surface area contributed by atoms with Crippen LogP contribution in [-0.2, 0) is 13.7 Å². The lowest BCUT2D eigenvalue weighted by atomic mass is 9.96. The van der Waals surface area contributed by atoms with Gasteiger partial charge in [-0.1, -0.05) is 6.07 Å². The van der Waals surface area contributed by atoms with Crippen LogP contribution < -0.4 is 5.32 Å². The summed E-state index contributed by atoms with van der Waals surface area (Å²) >= 11 is 0. The number of aromatic nitrogens is 4. The van der Waals surface area contributed by atoms with Gasteiger partial charge in [0.05, 0.1) is 6.04 Å². The standard InChI is InChI=1S/C18H26N6O2/c1-12-4-5-15(10-19-12)13(2)20-18(26)24-8-6-14(7-9-24)17-22-21-16(11-25)23(17)3/h4-5,10,13-14,25H,6-9,11H2,1-3H3,(H,20,26). The van der Waals surface area contributed by atoms with Crippen molar-refractivity contribution in [3.63, 3.8) is 0 Å². The molecule has 0 aromatic carbocycles. The second-order valence-corrected chi connectivity index (χ2v) is 6.86. The summed E-state index contributed by atoms with van der Waals surface area (Å²) < 4.78 is 1.85. The third-order valence-corrected chi connectivity index (χ3v) is 5.06. The van der Waals surface area contributed by atoms with Crippen molar-refractivity contribution < 1.29 is 9.90 Å². The molecule has 8 heteroatoms. The topological polar surface area (TPSA) is 96.2 Å². The van der Waals surface area contributed by atoms with Crippen molar-refractivity contribution in [2.75, 3.05) is 13.1 Å². The summed E-state index contributed by atoms with van der Waals surface area (Å²) in [7, 11) is 1.87. The van der Waals surface area contributed by atoms with E-state index in [1.807, 2.05) is 42.5 Å². The average Bonchev–Trinajstić information content (AvgIpc) is 3.03. The van der Waals surface area contributed by atoms with Gasteiger partial charge in [-0.2, -0.15) is 0 Å². The van der Waals surface area contributed by atoms with E-state index < -0.39 is 0 Å². The fourth-order valence-corrected chi connectivity index (χ4v) is 3.30. The normalized spacial score (nSPS) is 16.5. The Hall–Kier alpha value is -2.48. The van der Waals surface area contributed by atoms with E-state index in [2.05, 4.69) is 20.5 Å². The molecular weight excluding hydrogens is 332 g/mol. The first-order valence-corrected chi connectivity index (χ1v) is 8.96. The Bertz CT molecular complexity index is 750. The monoisotopic (exact) mass is 358 g/mol. The number of carbonyl (C=O) groups is 1. The molecule has 3 heterocycles. The summed E-state index contributed by atoms with van der Waals surface area (Å²) in [5, 5.41) is 20.5. The van der Waals surface area contributed by atoms with Crippen LogP contribution >= 0.6 is 0 Å². The van der Waals surface area contributed by atoms with Gasteiger partial charge < -0.3 is 19.9 Å². The van der Waals surface area contributed by atoms with Gasteiger partial charge in [-0.3, -0.25) is 4.98 Å². The number of aliphatic hydroxyl groups is 1. The number of piperidine rings is 1. The molecule has 140 valence electrons. The van der Waals surface area contributed by atoms with Crippen LogP contribution in [0.4, 0.5) is 4.79 Å². The predicted octanol–water partition coefficient (Wildman–Crippen LogP) is 1.66. The average molecular weight is 358 g/mol. The maximum Gasteiger partial charge on any atom is 0.317 e. The van der Waals surface area contributed by atoms with Crippen LogP contribution in [0.2, 0.25) is 0 Å². The lowest BCUT2D eigenvalue weighted by Gasteiger charge is -2.32. The Balaban J connectivity index is 1.54. The molecule has 1 fully saturated rings. The first kappa shape index (κ1) is 18.3. The Morgan fingerprint density at radius 1 is 1.35 bits per heavy atom. The number of urea groups is 1. The summed E-state index contributed by atoms with van der Waals surface area (Å²) in [5.74, 6) is 1.71. The molecule has 2 N–H and O–H groups in total. The van der Waals surface area contributed by atoms with Gasteiger partial charge in [0.1, 0.15) is 12.4 Å². The Morgan fingerprint density at radius 3 is 2.65 bits per heavy atom. The van der Waals surface area contributed by atoms with E-state index in [1.54, 1.807) is 6.20 Å². The van der Waals surface area contributed by atoms with Gasteiger partial charge in [-0.05, 0) is 38.3 Å². The molecule has 0 aliphatic carbocycles. The van der Waals surface area contributed by atoms with Gasteiger partial charge in [0.15, 0.2) is 5.82 Å². The fraction of sp³-hybridized carbons (Fsp3) is 0.556. The lowest BCUT2D eigenvalue weighted by molar-refractivity contribution is 0.177. The van der Waals surface area contributed by atoms with Crippen molar-refractivity contribution >= 4 is 6.03 Å². The van der Waals surface area contributed by atoms with Crippen molar-refractivity contribution in [2.24, 2.45) is 7.05 Å². The SMILES string of the molecule is Cc1ccc(C(C)NC(=O)N2CCC(c3nnc(CO)n3C)CC2)cn1. The molecule has 2 amide bonds. The molecule has 0 radical (unpaired) electrons. The van der Waals surface area contributed by atoms with Crippen LogP contribution in [-0.4, -0.2) is 48.9 Å². The van der Waals surface area contributed by atoms with Crippen molar-refractivity contribution in [1.82, 2.24) is 30.0 Å². The zero-order chi connectivity index (χ0) is 18.7. The molecule has 1 aliphatic heterocycles. The number of aliphatic hydroxyl groups excluding tert-OH is 1. The number of hydrogen-bond donors (Lipinski definition) is 2. The second kappa shape index (κ2) is 7.82. The maximum absolute atomic E-state index is 12.5.